The number of aliphatic hydroxyl groups excluding tert-OH is 1. The van der Waals surface area contributed by atoms with E-state index >= 15 is 0 Å². The third-order valence-corrected chi connectivity index (χ3v) is 18.0. The van der Waals surface area contributed by atoms with Gasteiger partial charge in [0.05, 0.1) is 26.4 Å². The predicted molar refractivity (Wildman–Crippen MR) is 418 cm³/mol. The number of carbonyl (C=O) groups is 4. The summed E-state index contributed by atoms with van der Waals surface area (Å²) in [5, 5.41) is 10.6. The van der Waals surface area contributed by atoms with E-state index in [1.807, 2.05) is 0 Å². The minimum atomic E-state index is -5.00. The standard InChI is InChI=1S/C83H140O17P2/c1-5-9-13-17-21-25-29-33-35-37-38-40-41-45-48-52-56-60-64-68-81(86)94-74-79(100-83(88)70-66-62-58-54-50-46-42-39-36-34-30-26-22-18-14-10-6-2)76-98-102(91,92)96-72-77(84)71-95-101(89,90)97-75-78(99-82(87)69-65-61-57-53-49-44-32-28-24-20-16-12-8-4)73-93-80(85)67-63-59-55-51-47-43-31-27-23-19-15-11-7-3/h9-10,13-14,21-22,25-28,31-36,38,40,42,45-46,48,77-79,84H,5-8,11-12,15-20,23-24,29-30,37,39,41,43-44,47,49-76H2,1-4H3,(H,89,90)(H,91,92)/b13-9-,14-10-,25-21-,26-22-,31-27-,32-28-,35-33-,36-34-,40-38-,46-42-,48-45-. The number of hydrogen-bond donors (Lipinski definition) is 3. The molecule has 0 aliphatic rings. The molecule has 0 saturated heterocycles. The number of ether oxygens (including phenoxy) is 4. The highest BCUT2D eigenvalue weighted by molar-refractivity contribution is 7.47. The maximum Gasteiger partial charge on any atom is 0.472 e. The van der Waals surface area contributed by atoms with Crippen LogP contribution in [0.4, 0.5) is 0 Å². The molecule has 0 rings (SSSR count). The van der Waals surface area contributed by atoms with Crippen LogP contribution in [0.15, 0.2) is 134 Å². The van der Waals surface area contributed by atoms with Crippen LogP contribution in [-0.4, -0.2) is 96.7 Å². The Morgan fingerprint density at radius 3 is 0.804 bits per heavy atom. The van der Waals surface area contributed by atoms with E-state index in [1.54, 1.807) is 0 Å². The fraction of sp³-hybridized carbons (Fsp3) is 0.687. The van der Waals surface area contributed by atoms with Crippen molar-refractivity contribution in [2.75, 3.05) is 39.6 Å². The Balaban J connectivity index is 5.42. The first-order valence-corrected chi connectivity index (χ1v) is 42.4. The molecule has 0 heterocycles. The van der Waals surface area contributed by atoms with Crippen molar-refractivity contribution in [3.8, 4) is 0 Å². The molecule has 17 nitrogen and oxygen atoms in total. The zero-order valence-corrected chi connectivity index (χ0v) is 65.5. The van der Waals surface area contributed by atoms with E-state index in [-0.39, 0.29) is 25.7 Å². The topological polar surface area (TPSA) is 237 Å². The highest BCUT2D eigenvalue weighted by Crippen LogP contribution is 2.45. The number of allylic oxidation sites excluding steroid dienone is 22. The number of unbranched alkanes of at least 4 members (excludes halogenated alkanes) is 25. The first-order valence-electron chi connectivity index (χ1n) is 39.4. The summed E-state index contributed by atoms with van der Waals surface area (Å²) in [7, 11) is -9.98. The van der Waals surface area contributed by atoms with Gasteiger partial charge in [-0.25, -0.2) is 9.13 Å². The number of carbonyl (C=O) groups excluding carboxylic acids is 4. The summed E-state index contributed by atoms with van der Waals surface area (Å²) in [6.45, 7) is 4.54. The van der Waals surface area contributed by atoms with E-state index in [4.69, 9.17) is 37.0 Å². The van der Waals surface area contributed by atoms with Gasteiger partial charge in [0.25, 0.3) is 0 Å². The number of hydrogen-bond acceptors (Lipinski definition) is 15. The molecule has 0 radical (unpaired) electrons. The van der Waals surface area contributed by atoms with Crippen molar-refractivity contribution in [3.05, 3.63) is 134 Å². The Labute approximate surface area is 618 Å². The van der Waals surface area contributed by atoms with Crippen LogP contribution in [0.2, 0.25) is 0 Å². The van der Waals surface area contributed by atoms with Gasteiger partial charge in [0.15, 0.2) is 12.2 Å². The highest BCUT2D eigenvalue weighted by atomic mass is 31.2. The van der Waals surface area contributed by atoms with Crippen molar-refractivity contribution in [2.45, 2.75) is 329 Å². The molecular weight excluding hydrogens is 1330 g/mol. The summed E-state index contributed by atoms with van der Waals surface area (Å²) in [4.78, 5) is 72.9. The zero-order chi connectivity index (χ0) is 74.6. The van der Waals surface area contributed by atoms with Gasteiger partial charge in [-0.3, -0.25) is 37.3 Å². The van der Waals surface area contributed by atoms with Gasteiger partial charge >= 0.3 is 39.5 Å². The molecular formula is C83H140O17P2. The van der Waals surface area contributed by atoms with E-state index in [0.717, 1.165) is 180 Å². The van der Waals surface area contributed by atoms with Crippen molar-refractivity contribution in [2.24, 2.45) is 0 Å². The van der Waals surface area contributed by atoms with Gasteiger partial charge in [-0.1, -0.05) is 258 Å². The predicted octanol–water partition coefficient (Wildman–Crippen LogP) is 22.9. The van der Waals surface area contributed by atoms with Crippen LogP contribution < -0.4 is 0 Å². The summed E-state index contributed by atoms with van der Waals surface area (Å²) in [5.41, 5.74) is 0. The van der Waals surface area contributed by atoms with E-state index in [1.165, 1.54) is 51.4 Å². The molecule has 0 aromatic rings. The average molecular weight is 1470 g/mol. The zero-order valence-electron chi connectivity index (χ0n) is 63.7. The lowest BCUT2D eigenvalue weighted by Gasteiger charge is -2.21. The fourth-order valence-electron chi connectivity index (χ4n) is 10.1. The maximum atomic E-state index is 13.1. The van der Waals surface area contributed by atoms with Crippen LogP contribution in [0.3, 0.4) is 0 Å². The van der Waals surface area contributed by atoms with Gasteiger partial charge in [-0.2, -0.15) is 0 Å². The van der Waals surface area contributed by atoms with Crippen molar-refractivity contribution in [3.63, 3.8) is 0 Å². The lowest BCUT2D eigenvalue weighted by atomic mass is 10.1. The molecule has 0 bridgehead atoms. The fourth-order valence-corrected chi connectivity index (χ4v) is 11.7. The summed E-state index contributed by atoms with van der Waals surface area (Å²) in [6, 6.07) is 0. The Morgan fingerprint density at radius 1 is 0.284 bits per heavy atom. The third-order valence-electron chi connectivity index (χ3n) is 16.1. The van der Waals surface area contributed by atoms with Gasteiger partial charge in [-0.05, 0) is 161 Å². The second kappa shape index (κ2) is 74.5. The van der Waals surface area contributed by atoms with E-state index < -0.39 is 97.5 Å². The van der Waals surface area contributed by atoms with Crippen molar-refractivity contribution >= 4 is 39.5 Å². The summed E-state index contributed by atoms with van der Waals surface area (Å²) in [6.07, 6.45) is 82.9. The summed E-state index contributed by atoms with van der Waals surface area (Å²) >= 11 is 0. The molecule has 102 heavy (non-hydrogen) atoms. The van der Waals surface area contributed by atoms with Gasteiger partial charge in [0.2, 0.25) is 0 Å². The van der Waals surface area contributed by atoms with E-state index in [2.05, 4.69) is 161 Å². The van der Waals surface area contributed by atoms with Crippen molar-refractivity contribution < 1.29 is 80.2 Å². The molecule has 0 amide bonds. The molecule has 5 atom stereocenters. The number of phosphoric ester groups is 2. The lowest BCUT2D eigenvalue weighted by Crippen LogP contribution is -2.30. The second-order valence-electron chi connectivity index (χ2n) is 25.9. The molecule has 584 valence electrons. The lowest BCUT2D eigenvalue weighted by molar-refractivity contribution is -0.161. The molecule has 3 N–H and O–H groups in total. The molecule has 0 aromatic carbocycles. The first kappa shape index (κ1) is 97.2. The van der Waals surface area contributed by atoms with Crippen LogP contribution in [0.1, 0.15) is 310 Å². The van der Waals surface area contributed by atoms with Crippen LogP contribution in [0.25, 0.3) is 0 Å². The monoisotopic (exact) mass is 1470 g/mol. The van der Waals surface area contributed by atoms with Gasteiger partial charge in [0.1, 0.15) is 19.3 Å². The molecule has 0 fully saturated rings. The molecule has 0 aliphatic carbocycles. The van der Waals surface area contributed by atoms with Gasteiger partial charge in [0, 0.05) is 25.7 Å². The molecule has 0 spiro atoms. The number of aliphatic hydroxyl groups is 1. The average Bonchev–Trinajstić information content (AvgIpc) is 0.923. The Kier molecular flexibility index (Phi) is 71.0. The summed E-state index contributed by atoms with van der Waals surface area (Å²) in [5.74, 6) is -2.26. The molecule has 0 aromatic heterocycles. The normalized spacial score (nSPS) is 14.6. The van der Waals surface area contributed by atoms with Crippen LogP contribution in [0, 0.1) is 0 Å². The maximum absolute atomic E-state index is 13.1. The van der Waals surface area contributed by atoms with Crippen LogP contribution in [0.5, 0.6) is 0 Å². The minimum absolute atomic E-state index is 0.0554. The number of esters is 4. The van der Waals surface area contributed by atoms with Gasteiger partial charge in [-0.15, -0.1) is 0 Å². The summed E-state index contributed by atoms with van der Waals surface area (Å²) < 4.78 is 68.5. The molecule has 0 aliphatic heterocycles. The van der Waals surface area contributed by atoms with E-state index in [0.29, 0.717) is 25.7 Å². The number of rotatable bonds is 73. The molecule has 5 unspecified atom stereocenters. The van der Waals surface area contributed by atoms with Crippen molar-refractivity contribution in [1.29, 1.82) is 0 Å². The Morgan fingerprint density at radius 2 is 0.510 bits per heavy atom. The molecule has 0 saturated carbocycles. The minimum Gasteiger partial charge on any atom is -0.462 e. The Hall–Kier alpha value is -4.80. The SMILES string of the molecule is CC/C=C\C/C=C\C/C=C\C/C=C\C/C=C\CCCCCC(=O)OCC(COP(=O)(O)OCC(O)COP(=O)(O)OCC(COC(=O)CCCCCCC/C=C\CCCCCC)OC(=O)CCCCCCC/C=C\CCCCCC)OC(=O)CCCCCC/C=C\C/C=C\C/C=C\C/C=C\CC. The highest BCUT2D eigenvalue weighted by Gasteiger charge is 2.30. The number of phosphoric acid groups is 2. The third kappa shape index (κ3) is 73.5. The first-order chi connectivity index (χ1) is 49.7. The largest absolute Gasteiger partial charge is 0.472 e. The van der Waals surface area contributed by atoms with Crippen LogP contribution in [-0.2, 0) is 65.4 Å². The Bertz CT molecular complexity index is 2460. The molecule has 19 heteroatoms. The smallest absolute Gasteiger partial charge is 0.462 e. The van der Waals surface area contributed by atoms with Crippen LogP contribution >= 0.6 is 15.6 Å². The van der Waals surface area contributed by atoms with Crippen molar-refractivity contribution in [1.82, 2.24) is 0 Å². The quantitative estimate of drug-likeness (QED) is 0.0169. The van der Waals surface area contributed by atoms with E-state index in [9.17, 15) is 43.2 Å². The van der Waals surface area contributed by atoms with Gasteiger partial charge < -0.3 is 33.8 Å². The second-order valence-corrected chi connectivity index (χ2v) is 28.8.